The van der Waals surface area contributed by atoms with E-state index in [4.69, 9.17) is 0 Å². The number of aromatic nitrogens is 3. The lowest BCUT2D eigenvalue weighted by molar-refractivity contribution is -0.115. The van der Waals surface area contributed by atoms with Gasteiger partial charge in [-0.15, -0.1) is 21.5 Å². The standard InChI is InChI=1S/C16H16N4OS3/c1-10-5-3-4-6-13(10)18-14(21)7-15-17-12(8-22-15)9-23-16-20-19-11(2)24-16/h3-6,8H,7,9H2,1-2H3,(H,18,21). The molecule has 0 radical (unpaired) electrons. The molecule has 1 aromatic carbocycles. The van der Waals surface area contributed by atoms with Gasteiger partial charge in [0.2, 0.25) is 5.91 Å². The number of hydrogen-bond donors (Lipinski definition) is 1. The fraction of sp³-hybridized carbons (Fsp3) is 0.250. The van der Waals surface area contributed by atoms with Crippen LogP contribution in [0.25, 0.3) is 0 Å². The van der Waals surface area contributed by atoms with E-state index < -0.39 is 0 Å². The summed E-state index contributed by atoms with van der Waals surface area (Å²) < 4.78 is 0.944. The van der Waals surface area contributed by atoms with Crippen molar-refractivity contribution in [2.24, 2.45) is 0 Å². The molecule has 124 valence electrons. The first-order valence-corrected chi connectivity index (χ1v) is 10.00. The number of rotatable bonds is 6. The molecule has 0 unspecified atom stereocenters. The molecule has 0 aliphatic rings. The average molecular weight is 377 g/mol. The number of thiazole rings is 1. The third-order valence-corrected chi connectivity index (χ3v) is 6.08. The van der Waals surface area contributed by atoms with Crippen LogP contribution < -0.4 is 5.32 Å². The van der Waals surface area contributed by atoms with Gasteiger partial charge in [0.25, 0.3) is 0 Å². The van der Waals surface area contributed by atoms with Crippen LogP contribution >= 0.6 is 34.4 Å². The van der Waals surface area contributed by atoms with E-state index in [1.54, 1.807) is 23.1 Å². The topological polar surface area (TPSA) is 67.8 Å². The maximum absolute atomic E-state index is 12.2. The first-order valence-electron chi connectivity index (χ1n) is 7.32. The molecule has 1 N–H and O–H groups in total. The molecule has 24 heavy (non-hydrogen) atoms. The van der Waals surface area contributed by atoms with Crippen molar-refractivity contribution in [2.45, 2.75) is 30.4 Å². The number of carbonyl (C=O) groups excluding carboxylic acids is 1. The maximum atomic E-state index is 12.2. The minimum absolute atomic E-state index is 0.0439. The number of carbonyl (C=O) groups is 1. The van der Waals surface area contributed by atoms with Crippen molar-refractivity contribution in [1.82, 2.24) is 15.2 Å². The predicted octanol–water partition coefficient (Wildman–Crippen LogP) is 4.08. The van der Waals surface area contributed by atoms with E-state index >= 15 is 0 Å². The highest BCUT2D eigenvalue weighted by Gasteiger charge is 2.10. The quantitative estimate of drug-likeness (QED) is 0.657. The van der Waals surface area contributed by atoms with E-state index in [-0.39, 0.29) is 5.91 Å². The first kappa shape index (κ1) is 17.1. The van der Waals surface area contributed by atoms with Crippen LogP contribution in [0.1, 0.15) is 21.3 Å². The Kier molecular flexibility index (Phi) is 5.60. The molecule has 0 spiro atoms. The number of amides is 1. The predicted molar refractivity (Wildman–Crippen MR) is 99.8 cm³/mol. The van der Waals surface area contributed by atoms with Gasteiger partial charge in [-0.3, -0.25) is 4.79 Å². The molecule has 8 heteroatoms. The van der Waals surface area contributed by atoms with Crippen molar-refractivity contribution < 1.29 is 4.79 Å². The van der Waals surface area contributed by atoms with E-state index in [1.807, 2.05) is 43.5 Å². The van der Waals surface area contributed by atoms with E-state index in [0.717, 1.165) is 37.1 Å². The zero-order valence-electron chi connectivity index (χ0n) is 13.3. The van der Waals surface area contributed by atoms with Gasteiger partial charge in [-0.25, -0.2) is 4.98 Å². The molecule has 0 bridgehead atoms. The summed E-state index contributed by atoms with van der Waals surface area (Å²) in [5.41, 5.74) is 2.87. The largest absolute Gasteiger partial charge is 0.325 e. The third kappa shape index (κ3) is 4.62. The molecule has 3 rings (SSSR count). The summed E-state index contributed by atoms with van der Waals surface area (Å²) in [6.07, 6.45) is 0.293. The van der Waals surface area contributed by atoms with Crippen molar-refractivity contribution in [3.05, 3.63) is 50.9 Å². The number of hydrogen-bond acceptors (Lipinski definition) is 7. The summed E-state index contributed by atoms with van der Waals surface area (Å²) in [6, 6.07) is 7.75. The van der Waals surface area contributed by atoms with Gasteiger partial charge in [-0.05, 0) is 25.5 Å². The van der Waals surface area contributed by atoms with Crippen LogP contribution in [0.5, 0.6) is 0 Å². The lowest BCUT2D eigenvalue weighted by atomic mass is 10.2. The molecule has 1 amide bonds. The zero-order valence-corrected chi connectivity index (χ0v) is 15.7. The van der Waals surface area contributed by atoms with E-state index in [1.165, 1.54) is 11.3 Å². The fourth-order valence-electron chi connectivity index (χ4n) is 2.01. The van der Waals surface area contributed by atoms with Crippen LogP contribution in [0.3, 0.4) is 0 Å². The normalized spacial score (nSPS) is 10.8. The molecule has 5 nitrogen and oxygen atoms in total. The molecule has 2 heterocycles. The summed E-state index contributed by atoms with van der Waals surface area (Å²) in [5.74, 6) is 0.697. The molecule has 0 atom stereocenters. The minimum atomic E-state index is -0.0439. The Balaban J connectivity index is 1.53. The summed E-state index contributed by atoms with van der Waals surface area (Å²) in [4.78, 5) is 16.7. The Morgan fingerprint density at radius 2 is 2.08 bits per heavy atom. The average Bonchev–Trinajstić information content (AvgIpc) is 3.16. The second-order valence-electron chi connectivity index (χ2n) is 5.15. The highest BCUT2D eigenvalue weighted by molar-refractivity contribution is 8.00. The summed E-state index contributed by atoms with van der Waals surface area (Å²) in [7, 11) is 0. The Morgan fingerprint density at radius 3 is 2.83 bits per heavy atom. The Hall–Kier alpha value is -1.77. The second-order valence-corrected chi connectivity index (χ2v) is 8.49. The van der Waals surface area contributed by atoms with Gasteiger partial charge in [0, 0.05) is 16.8 Å². The van der Waals surface area contributed by atoms with Crippen LogP contribution in [0, 0.1) is 13.8 Å². The van der Waals surface area contributed by atoms with Crippen molar-refractivity contribution in [3.8, 4) is 0 Å². The maximum Gasteiger partial charge on any atom is 0.231 e. The van der Waals surface area contributed by atoms with Gasteiger partial charge in [0.1, 0.15) is 10.0 Å². The highest BCUT2D eigenvalue weighted by Crippen LogP contribution is 2.26. The molecule has 3 aromatic rings. The second kappa shape index (κ2) is 7.87. The van der Waals surface area contributed by atoms with E-state index in [9.17, 15) is 4.79 Å². The number of anilines is 1. The Bertz CT molecular complexity index is 843. The summed E-state index contributed by atoms with van der Waals surface area (Å²) in [5, 5.41) is 14.8. The summed E-state index contributed by atoms with van der Waals surface area (Å²) in [6.45, 7) is 3.92. The van der Waals surface area contributed by atoms with Gasteiger partial charge >= 0.3 is 0 Å². The molecular formula is C16H16N4OS3. The van der Waals surface area contributed by atoms with Crippen molar-refractivity contribution in [2.75, 3.05) is 5.32 Å². The zero-order chi connectivity index (χ0) is 16.9. The van der Waals surface area contributed by atoms with Crippen molar-refractivity contribution >= 4 is 46.0 Å². The smallest absolute Gasteiger partial charge is 0.231 e. The molecule has 0 saturated carbocycles. The highest BCUT2D eigenvalue weighted by atomic mass is 32.2. The molecule has 2 aromatic heterocycles. The Morgan fingerprint density at radius 1 is 1.25 bits per heavy atom. The molecule has 0 aliphatic heterocycles. The molecular weight excluding hydrogens is 360 g/mol. The number of nitrogens with one attached hydrogen (secondary N) is 1. The van der Waals surface area contributed by atoms with Gasteiger partial charge < -0.3 is 5.32 Å². The van der Waals surface area contributed by atoms with Crippen LogP contribution in [0.2, 0.25) is 0 Å². The number of benzene rings is 1. The summed E-state index contributed by atoms with van der Waals surface area (Å²) >= 11 is 4.71. The van der Waals surface area contributed by atoms with Crippen LogP contribution in [0.4, 0.5) is 5.69 Å². The van der Waals surface area contributed by atoms with Gasteiger partial charge in [0.05, 0.1) is 12.1 Å². The monoisotopic (exact) mass is 376 g/mol. The van der Waals surface area contributed by atoms with Gasteiger partial charge in [-0.2, -0.15) is 0 Å². The lowest BCUT2D eigenvalue weighted by Gasteiger charge is -2.06. The van der Waals surface area contributed by atoms with Crippen LogP contribution in [-0.4, -0.2) is 21.1 Å². The van der Waals surface area contributed by atoms with Crippen LogP contribution in [0.15, 0.2) is 34.0 Å². The Labute approximate surface area is 152 Å². The lowest BCUT2D eigenvalue weighted by Crippen LogP contribution is -2.15. The van der Waals surface area contributed by atoms with E-state index in [2.05, 4.69) is 20.5 Å². The van der Waals surface area contributed by atoms with Gasteiger partial charge in [0.15, 0.2) is 4.34 Å². The van der Waals surface area contributed by atoms with Crippen LogP contribution in [-0.2, 0) is 17.0 Å². The number of thioether (sulfide) groups is 1. The third-order valence-electron chi connectivity index (χ3n) is 3.18. The number of para-hydroxylation sites is 1. The van der Waals surface area contributed by atoms with E-state index in [0.29, 0.717) is 6.42 Å². The first-order chi connectivity index (χ1) is 11.6. The number of aryl methyl sites for hydroxylation is 2. The molecule has 0 fully saturated rings. The van der Waals surface area contributed by atoms with Crippen molar-refractivity contribution in [1.29, 1.82) is 0 Å². The number of nitrogens with zero attached hydrogens (tertiary/aromatic N) is 3. The molecule has 0 aliphatic carbocycles. The SMILES string of the molecule is Cc1nnc(SCc2csc(CC(=O)Nc3ccccc3C)n2)s1. The van der Waals surface area contributed by atoms with Crippen molar-refractivity contribution in [3.63, 3.8) is 0 Å². The molecule has 0 saturated heterocycles. The van der Waals surface area contributed by atoms with Gasteiger partial charge in [-0.1, -0.05) is 41.3 Å². The fourth-order valence-corrected chi connectivity index (χ4v) is 4.62. The minimum Gasteiger partial charge on any atom is -0.325 e.